The maximum atomic E-state index is 12.6. The SMILES string of the molecule is CC[C@H](C)[C@H](N)C(=O)N[C@H](C(=O)N[C@@H](CC(N)=O)C(=O)N[C@@H](CS)C(=O)O)[C@@H](C)O. The van der Waals surface area contributed by atoms with Gasteiger partial charge in [0.15, 0.2) is 0 Å². The van der Waals surface area contributed by atoms with Crippen molar-refractivity contribution >= 4 is 42.2 Å². The highest BCUT2D eigenvalue weighted by Gasteiger charge is 2.33. The van der Waals surface area contributed by atoms with Gasteiger partial charge in [-0.25, -0.2) is 4.79 Å². The molecular formula is C17H31N5O7S. The Morgan fingerprint density at radius 2 is 1.50 bits per heavy atom. The van der Waals surface area contributed by atoms with Gasteiger partial charge in [0.2, 0.25) is 23.6 Å². The quantitative estimate of drug-likeness (QED) is 0.136. The molecule has 0 aliphatic rings. The summed E-state index contributed by atoms with van der Waals surface area (Å²) in [5, 5.41) is 25.6. The van der Waals surface area contributed by atoms with Crippen LogP contribution < -0.4 is 27.4 Å². The Morgan fingerprint density at radius 3 is 1.90 bits per heavy atom. The van der Waals surface area contributed by atoms with Crippen molar-refractivity contribution in [2.24, 2.45) is 17.4 Å². The van der Waals surface area contributed by atoms with Crippen molar-refractivity contribution < 1.29 is 34.2 Å². The zero-order chi connectivity index (χ0) is 23.6. The molecule has 0 bridgehead atoms. The number of hydrogen-bond donors (Lipinski definition) is 8. The van der Waals surface area contributed by atoms with E-state index in [1.807, 2.05) is 6.92 Å². The third-order valence-corrected chi connectivity index (χ3v) is 4.82. The summed E-state index contributed by atoms with van der Waals surface area (Å²) in [6, 6.07) is -5.30. The van der Waals surface area contributed by atoms with Gasteiger partial charge < -0.3 is 37.6 Å². The number of hydrogen-bond acceptors (Lipinski definition) is 8. The first-order valence-corrected chi connectivity index (χ1v) is 9.95. The highest BCUT2D eigenvalue weighted by Crippen LogP contribution is 2.07. The number of carboxylic acid groups (broad SMARTS) is 1. The summed E-state index contributed by atoms with van der Waals surface area (Å²) in [7, 11) is 0. The number of carboxylic acids is 1. The molecule has 12 nitrogen and oxygen atoms in total. The van der Waals surface area contributed by atoms with Crippen molar-refractivity contribution in [2.45, 2.75) is 63.9 Å². The maximum Gasteiger partial charge on any atom is 0.327 e. The number of aliphatic carboxylic acids is 1. The lowest BCUT2D eigenvalue weighted by Gasteiger charge is -2.26. The van der Waals surface area contributed by atoms with Crippen molar-refractivity contribution in [1.82, 2.24) is 16.0 Å². The Kier molecular flexibility index (Phi) is 12.0. The summed E-state index contributed by atoms with van der Waals surface area (Å²) < 4.78 is 0. The highest BCUT2D eigenvalue weighted by atomic mass is 32.1. The number of thiol groups is 1. The summed E-state index contributed by atoms with van der Waals surface area (Å²) >= 11 is 3.81. The molecule has 0 aromatic carbocycles. The molecule has 0 rings (SSSR count). The van der Waals surface area contributed by atoms with Crippen molar-refractivity contribution in [1.29, 1.82) is 0 Å². The van der Waals surface area contributed by atoms with E-state index in [-0.39, 0.29) is 11.7 Å². The summed E-state index contributed by atoms with van der Waals surface area (Å²) in [5.74, 6) is -5.38. The summed E-state index contributed by atoms with van der Waals surface area (Å²) in [6.45, 7) is 4.82. The molecule has 6 atom stereocenters. The molecule has 0 aliphatic carbocycles. The first-order chi connectivity index (χ1) is 13.8. The largest absolute Gasteiger partial charge is 0.480 e. The average molecular weight is 450 g/mol. The first-order valence-electron chi connectivity index (χ1n) is 9.32. The lowest BCUT2D eigenvalue weighted by Crippen LogP contribution is -2.60. The molecule has 13 heteroatoms. The lowest BCUT2D eigenvalue weighted by atomic mass is 9.98. The van der Waals surface area contributed by atoms with Crippen molar-refractivity contribution in [3.8, 4) is 0 Å². The second kappa shape index (κ2) is 13.0. The van der Waals surface area contributed by atoms with Crippen LogP contribution in [-0.2, 0) is 24.0 Å². The summed E-state index contributed by atoms with van der Waals surface area (Å²) in [6.07, 6.45) is -1.39. The fraction of sp³-hybridized carbons (Fsp3) is 0.706. The van der Waals surface area contributed by atoms with Crippen molar-refractivity contribution in [2.75, 3.05) is 5.75 Å². The van der Waals surface area contributed by atoms with E-state index in [4.69, 9.17) is 16.6 Å². The first kappa shape index (κ1) is 27.6. The van der Waals surface area contributed by atoms with E-state index < -0.39 is 66.3 Å². The number of carbonyl (C=O) groups is 5. The van der Waals surface area contributed by atoms with E-state index >= 15 is 0 Å². The number of aliphatic hydroxyl groups excluding tert-OH is 1. The molecule has 0 aliphatic heterocycles. The van der Waals surface area contributed by atoms with Gasteiger partial charge in [-0.15, -0.1) is 0 Å². The molecule has 0 spiro atoms. The van der Waals surface area contributed by atoms with Gasteiger partial charge in [-0.1, -0.05) is 20.3 Å². The molecule has 0 saturated heterocycles. The molecule has 0 aromatic rings. The van der Waals surface area contributed by atoms with E-state index in [1.165, 1.54) is 6.92 Å². The fourth-order valence-corrected chi connectivity index (χ4v) is 2.54. The number of primary amides is 1. The summed E-state index contributed by atoms with van der Waals surface area (Å²) in [5.41, 5.74) is 10.9. The fourth-order valence-electron chi connectivity index (χ4n) is 2.30. The topological polar surface area (TPSA) is 214 Å². The second-order valence-corrected chi connectivity index (χ2v) is 7.32. The third kappa shape index (κ3) is 8.97. The van der Waals surface area contributed by atoms with Gasteiger partial charge in [0, 0.05) is 5.75 Å². The van der Waals surface area contributed by atoms with E-state index in [0.717, 1.165) is 0 Å². The number of nitrogens with two attached hydrogens (primary N) is 2. The second-order valence-electron chi connectivity index (χ2n) is 6.95. The Balaban J connectivity index is 5.40. The Morgan fingerprint density at radius 1 is 0.967 bits per heavy atom. The molecule has 0 aromatic heterocycles. The summed E-state index contributed by atoms with van der Waals surface area (Å²) in [4.78, 5) is 59.5. The highest BCUT2D eigenvalue weighted by molar-refractivity contribution is 7.80. The maximum absolute atomic E-state index is 12.6. The van der Waals surface area contributed by atoms with E-state index in [2.05, 4.69) is 28.6 Å². The van der Waals surface area contributed by atoms with Crippen LogP contribution in [-0.4, -0.2) is 75.8 Å². The van der Waals surface area contributed by atoms with Crippen LogP contribution in [0.25, 0.3) is 0 Å². The van der Waals surface area contributed by atoms with E-state index in [9.17, 15) is 29.1 Å². The van der Waals surface area contributed by atoms with Crippen LogP contribution in [0, 0.1) is 5.92 Å². The van der Waals surface area contributed by atoms with Gasteiger partial charge in [-0.3, -0.25) is 19.2 Å². The number of rotatable bonds is 13. The van der Waals surface area contributed by atoms with Gasteiger partial charge in [0.1, 0.15) is 18.1 Å². The van der Waals surface area contributed by atoms with Crippen LogP contribution in [0.5, 0.6) is 0 Å². The predicted molar refractivity (Wildman–Crippen MR) is 110 cm³/mol. The van der Waals surface area contributed by atoms with Crippen LogP contribution in [0.15, 0.2) is 0 Å². The van der Waals surface area contributed by atoms with Gasteiger partial charge in [-0.05, 0) is 12.8 Å². The molecule has 0 saturated carbocycles. The molecule has 0 radical (unpaired) electrons. The Labute approximate surface area is 179 Å². The number of aliphatic hydroxyl groups is 1. The van der Waals surface area contributed by atoms with Gasteiger partial charge in [0.25, 0.3) is 0 Å². The minimum Gasteiger partial charge on any atom is -0.480 e. The van der Waals surface area contributed by atoms with Gasteiger partial charge in [0.05, 0.1) is 18.6 Å². The number of nitrogens with one attached hydrogen (secondary N) is 3. The molecule has 9 N–H and O–H groups in total. The molecular weight excluding hydrogens is 418 g/mol. The van der Waals surface area contributed by atoms with Gasteiger partial charge in [-0.2, -0.15) is 12.6 Å². The minimum atomic E-state index is -1.53. The lowest BCUT2D eigenvalue weighted by molar-refractivity contribution is -0.142. The standard InChI is InChI=1S/C17H31N5O7S/c1-4-7(2)12(19)15(26)22-13(8(3)23)16(27)20-9(5-11(18)24)14(25)21-10(6-30)17(28)29/h7-10,12-13,23,30H,4-6,19H2,1-3H3,(H2,18,24)(H,20,27)(H,21,25)(H,22,26)(H,28,29)/t7-,8+,9-,10-,12-,13-/m0/s1. The molecule has 4 amide bonds. The number of carbonyl (C=O) groups excluding carboxylic acids is 4. The molecule has 0 fully saturated rings. The molecule has 30 heavy (non-hydrogen) atoms. The Hall–Kier alpha value is -2.38. The van der Waals surface area contributed by atoms with Crippen LogP contribution in [0.1, 0.15) is 33.6 Å². The minimum absolute atomic E-state index is 0.190. The third-order valence-electron chi connectivity index (χ3n) is 4.46. The monoisotopic (exact) mass is 449 g/mol. The van der Waals surface area contributed by atoms with Gasteiger partial charge >= 0.3 is 5.97 Å². The molecule has 172 valence electrons. The molecule has 0 heterocycles. The predicted octanol–water partition coefficient (Wildman–Crippen LogP) is -2.92. The zero-order valence-electron chi connectivity index (χ0n) is 17.1. The Bertz CT molecular complexity index is 646. The van der Waals surface area contributed by atoms with Crippen LogP contribution >= 0.6 is 12.6 Å². The number of amides is 4. The molecule has 0 unspecified atom stereocenters. The van der Waals surface area contributed by atoms with E-state index in [0.29, 0.717) is 6.42 Å². The average Bonchev–Trinajstić information content (AvgIpc) is 2.66. The normalized spacial score (nSPS) is 16.9. The zero-order valence-corrected chi connectivity index (χ0v) is 18.0. The van der Waals surface area contributed by atoms with Crippen LogP contribution in [0.3, 0.4) is 0 Å². The van der Waals surface area contributed by atoms with Crippen LogP contribution in [0.4, 0.5) is 0 Å². The van der Waals surface area contributed by atoms with Crippen molar-refractivity contribution in [3.05, 3.63) is 0 Å². The van der Waals surface area contributed by atoms with Crippen molar-refractivity contribution in [3.63, 3.8) is 0 Å². The van der Waals surface area contributed by atoms with Crippen LogP contribution in [0.2, 0.25) is 0 Å². The smallest absolute Gasteiger partial charge is 0.327 e. The van der Waals surface area contributed by atoms with E-state index in [1.54, 1.807) is 6.92 Å².